The predicted molar refractivity (Wildman–Crippen MR) is 127 cm³/mol. The third-order valence-corrected chi connectivity index (χ3v) is 7.12. The van der Waals surface area contributed by atoms with Crippen LogP contribution in [0.4, 0.5) is 5.69 Å². The van der Waals surface area contributed by atoms with Crippen molar-refractivity contribution in [2.45, 2.75) is 11.9 Å². The van der Waals surface area contributed by atoms with E-state index in [1.54, 1.807) is 41.9 Å². The monoisotopic (exact) mass is 487 g/mol. The van der Waals surface area contributed by atoms with E-state index < -0.39 is 0 Å². The van der Waals surface area contributed by atoms with E-state index in [0.29, 0.717) is 20.8 Å². The van der Waals surface area contributed by atoms with Crippen molar-refractivity contribution in [1.29, 1.82) is 0 Å². The quantitative estimate of drug-likeness (QED) is 0.335. The standard InChI is InChI=1S/C21H15Cl2N5OS2/c1-12-20(31-21(25-12)13-4-3-9-24-10-13)16-7-8-18(28-27-16)30-11-17(29)26-15-6-2-5-14(22)19(15)23/h2-10H,11H2,1H3,(H,26,29). The van der Waals surface area contributed by atoms with E-state index in [4.69, 9.17) is 23.2 Å². The molecule has 4 aromatic rings. The molecule has 4 rings (SSSR count). The van der Waals surface area contributed by atoms with Gasteiger partial charge in [-0.25, -0.2) is 4.98 Å². The number of hydrogen-bond donors (Lipinski definition) is 1. The van der Waals surface area contributed by atoms with Crippen molar-refractivity contribution in [3.63, 3.8) is 0 Å². The van der Waals surface area contributed by atoms with Gasteiger partial charge in [-0.3, -0.25) is 9.78 Å². The van der Waals surface area contributed by atoms with Crippen LogP contribution in [-0.2, 0) is 4.79 Å². The van der Waals surface area contributed by atoms with E-state index in [-0.39, 0.29) is 11.7 Å². The molecule has 156 valence electrons. The lowest BCUT2D eigenvalue weighted by Gasteiger charge is -2.07. The smallest absolute Gasteiger partial charge is 0.234 e. The molecule has 0 saturated heterocycles. The van der Waals surface area contributed by atoms with Crippen LogP contribution in [0, 0.1) is 6.92 Å². The maximum atomic E-state index is 12.2. The Kier molecular flexibility index (Phi) is 6.82. The molecule has 1 aromatic carbocycles. The molecule has 0 aliphatic rings. The number of benzene rings is 1. The lowest BCUT2D eigenvalue weighted by molar-refractivity contribution is -0.113. The van der Waals surface area contributed by atoms with Crippen molar-refractivity contribution in [3.8, 4) is 21.1 Å². The number of carbonyl (C=O) groups excluding carboxylic acids is 1. The second-order valence-electron chi connectivity index (χ2n) is 6.37. The number of nitrogens with zero attached hydrogens (tertiary/aromatic N) is 4. The van der Waals surface area contributed by atoms with Crippen LogP contribution in [0.5, 0.6) is 0 Å². The number of pyridine rings is 1. The maximum absolute atomic E-state index is 12.2. The Morgan fingerprint density at radius 1 is 1.13 bits per heavy atom. The highest BCUT2D eigenvalue weighted by Crippen LogP contribution is 2.34. The van der Waals surface area contributed by atoms with Gasteiger partial charge in [0, 0.05) is 18.0 Å². The van der Waals surface area contributed by atoms with Crippen LogP contribution >= 0.6 is 46.3 Å². The van der Waals surface area contributed by atoms with Crippen LogP contribution in [0.3, 0.4) is 0 Å². The summed E-state index contributed by atoms with van der Waals surface area (Å²) >= 11 is 14.9. The number of halogens is 2. The molecule has 6 nitrogen and oxygen atoms in total. The highest BCUT2D eigenvalue weighted by atomic mass is 35.5. The van der Waals surface area contributed by atoms with Gasteiger partial charge in [-0.05, 0) is 43.3 Å². The summed E-state index contributed by atoms with van der Waals surface area (Å²) in [6.07, 6.45) is 3.52. The molecule has 1 N–H and O–H groups in total. The van der Waals surface area contributed by atoms with Gasteiger partial charge in [-0.2, -0.15) is 0 Å². The average Bonchev–Trinajstić information content (AvgIpc) is 3.18. The van der Waals surface area contributed by atoms with Crippen molar-refractivity contribution in [1.82, 2.24) is 20.2 Å². The number of nitrogens with one attached hydrogen (secondary N) is 1. The van der Waals surface area contributed by atoms with Crippen LogP contribution in [0.15, 0.2) is 59.9 Å². The van der Waals surface area contributed by atoms with Crippen molar-refractivity contribution < 1.29 is 4.79 Å². The lowest BCUT2D eigenvalue weighted by Crippen LogP contribution is -2.14. The number of carbonyl (C=O) groups is 1. The third kappa shape index (κ3) is 5.22. The van der Waals surface area contributed by atoms with E-state index >= 15 is 0 Å². The van der Waals surface area contributed by atoms with Crippen LogP contribution in [-0.4, -0.2) is 31.8 Å². The van der Waals surface area contributed by atoms with E-state index in [1.807, 2.05) is 31.2 Å². The molecule has 0 radical (unpaired) electrons. The first-order valence-electron chi connectivity index (χ1n) is 9.10. The Morgan fingerprint density at radius 2 is 2.00 bits per heavy atom. The molecule has 0 atom stereocenters. The Morgan fingerprint density at radius 3 is 2.74 bits per heavy atom. The fourth-order valence-corrected chi connectivity index (χ4v) is 4.67. The first-order valence-corrected chi connectivity index (χ1v) is 11.7. The number of amides is 1. The summed E-state index contributed by atoms with van der Waals surface area (Å²) in [7, 11) is 0. The van der Waals surface area contributed by atoms with Gasteiger partial charge in [0.15, 0.2) is 0 Å². The molecule has 3 aromatic heterocycles. The largest absolute Gasteiger partial charge is 0.324 e. The van der Waals surface area contributed by atoms with Gasteiger partial charge in [-0.1, -0.05) is 41.0 Å². The second kappa shape index (κ2) is 9.74. The fraction of sp³-hybridized carbons (Fsp3) is 0.0952. The zero-order chi connectivity index (χ0) is 21.8. The summed E-state index contributed by atoms with van der Waals surface area (Å²) in [6, 6.07) is 12.7. The van der Waals surface area contributed by atoms with Crippen LogP contribution in [0.1, 0.15) is 5.69 Å². The normalized spacial score (nSPS) is 10.8. The third-order valence-electron chi connectivity index (χ3n) is 4.15. The topological polar surface area (TPSA) is 80.7 Å². The molecule has 31 heavy (non-hydrogen) atoms. The van der Waals surface area contributed by atoms with Crippen molar-refractivity contribution in [2.75, 3.05) is 11.1 Å². The number of aromatic nitrogens is 4. The molecule has 1 amide bonds. The van der Waals surface area contributed by atoms with E-state index in [2.05, 4.69) is 25.5 Å². The molecule has 0 saturated carbocycles. The molecule has 0 spiro atoms. The van der Waals surface area contributed by atoms with E-state index in [9.17, 15) is 4.79 Å². The second-order valence-corrected chi connectivity index (χ2v) is 9.15. The van der Waals surface area contributed by atoms with Crippen LogP contribution in [0.25, 0.3) is 21.1 Å². The van der Waals surface area contributed by atoms with Crippen molar-refractivity contribution in [3.05, 3.63) is 70.6 Å². The molecule has 0 bridgehead atoms. The van der Waals surface area contributed by atoms with E-state index in [0.717, 1.165) is 26.8 Å². The minimum Gasteiger partial charge on any atom is -0.324 e. The first kappa shape index (κ1) is 21.7. The molecule has 10 heteroatoms. The highest BCUT2D eigenvalue weighted by molar-refractivity contribution is 7.99. The minimum absolute atomic E-state index is 0.168. The number of hydrogen-bond acceptors (Lipinski definition) is 7. The van der Waals surface area contributed by atoms with Gasteiger partial charge < -0.3 is 5.32 Å². The van der Waals surface area contributed by atoms with Gasteiger partial charge in [0.1, 0.15) is 15.7 Å². The minimum atomic E-state index is -0.209. The molecule has 3 heterocycles. The Labute approximate surface area is 197 Å². The number of aryl methyl sites for hydroxylation is 1. The number of thioether (sulfide) groups is 1. The average molecular weight is 488 g/mol. The molecular formula is C21H15Cl2N5OS2. The molecule has 0 unspecified atom stereocenters. The molecule has 0 fully saturated rings. The van der Waals surface area contributed by atoms with Gasteiger partial charge in [0.2, 0.25) is 5.91 Å². The maximum Gasteiger partial charge on any atom is 0.234 e. The summed E-state index contributed by atoms with van der Waals surface area (Å²) in [5, 5.41) is 13.5. The van der Waals surface area contributed by atoms with Crippen molar-refractivity contribution in [2.24, 2.45) is 0 Å². The van der Waals surface area contributed by atoms with Gasteiger partial charge in [-0.15, -0.1) is 21.5 Å². The summed E-state index contributed by atoms with van der Waals surface area (Å²) in [5.41, 5.74) is 3.07. The van der Waals surface area contributed by atoms with Crippen molar-refractivity contribution >= 4 is 57.9 Å². The zero-order valence-corrected chi connectivity index (χ0v) is 19.3. The Hall–Kier alpha value is -2.52. The fourth-order valence-electron chi connectivity index (χ4n) is 2.69. The van der Waals surface area contributed by atoms with Crippen LogP contribution < -0.4 is 5.32 Å². The predicted octanol–water partition coefficient (Wildman–Crippen LogP) is 6.01. The SMILES string of the molecule is Cc1nc(-c2cccnc2)sc1-c1ccc(SCC(=O)Nc2cccc(Cl)c2Cl)nn1. The molecule has 0 aliphatic carbocycles. The Bertz CT molecular complexity index is 1220. The molecule has 0 aliphatic heterocycles. The summed E-state index contributed by atoms with van der Waals surface area (Å²) in [4.78, 5) is 21.9. The Balaban J connectivity index is 1.40. The lowest BCUT2D eigenvalue weighted by atomic mass is 10.3. The highest BCUT2D eigenvalue weighted by Gasteiger charge is 2.14. The summed E-state index contributed by atoms with van der Waals surface area (Å²) in [6.45, 7) is 1.95. The van der Waals surface area contributed by atoms with Gasteiger partial charge in [0.05, 0.1) is 32.1 Å². The van der Waals surface area contributed by atoms with Crippen LogP contribution in [0.2, 0.25) is 10.0 Å². The zero-order valence-electron chi connectivity index (χ0n) is 16.2. The van der Waals surface area contributed by atoms with Gasteiger partial charge >= 0.3 is 0 Å². The number of thiazole rings is 1. The molecular weight excluding hydrogens is 473 g/mol. The van der Waals surface area contributed by atoms with Gasteiger partial charge in [0.25, 0.3) is 0 Å². The first-order chi connectivity index (χ1) is 15.0. The van der Waals surface area contributed by atoms with E-state index in [1.165, 1.54) is 11.8 Å². The summed E-state index contributed by atoms with van der Waals surface area (Å²) < 4.78 is 0. The number of rotatable bonds is 6. The summed E-state index contributed by atoms with van der Waals surface area (Å²) in [5.74, 6) is -0.0406. The number of anilines is 1.